The lowest BCUT2D eigenvalue weighted by Gasteiger charge is -2.13. The Balaban J connectivity index is 1.96. The van der Waals surface area contributed by atoms with Crippen LogP contribution in [0, 0.1) is 0 Å². The van der Waals surface area contributed by atoms with E-state index in [1.54, 1.807) is 0 Å². The maximum atomic E-state index is 11.0. The number of nitrogens with zero attached hydrogens (tertiary/aromatic N) is 3. The fourth-order valence-electron chi connectivity index (χ4n) is 1.85. The number of amides is 1. The van der Waals surface area contributed by atoms with Gasteiger partial charge in [-0.05, 0) is 12.5 Å². The van der Waals surface area contributed by atoms with Crippen LogP contribution in [0.15, 0.2) is 12.3 Å². The quantitative estimate of drug-likeness (QED) is 0.689. The molecule has 1 aliphatic heterocycles. The van der Waals surface area contributed by atoms with Crippen LogP contribution in [0.3, 0.4) is 0 Å². The zero-order valence-electron chi connectivity index (χ0n) is 9.78. The molecule has 1 unspecified atom stereocenters. The Bertz CT molecular complexity index is 452. The molecular formula is C11H14N4O3. The lowest BCUT2D eigenvalue weighted by atomic mass is 10.3. The van der Waals surface area contributed by atoms with Gasteiger partial charge in [-0.15, -0.1) is 0 Å². The van der Waals surface area contributed by atoms with Gasteiger partial charge in [0.15, 0.2) is 0 Å². The van der Waals surface area contributed by atoms with Crippen molar-refractivity contribution in [1.82, 2.24) is 14.9 Å². The van der Waals surface area contributed by atoms with Crippen molar-refractivity contribution in [3.63, 3.8) is 0 Å². The molecule has 0 aliphatic carbocycles. The van der Waals surface area contributed by atoms with E-state index in [2.05, 4.69) is 9.97 Å². The van der Waals surface area contributed by atoms with Gasteiger partial charge >= 0.3 is 6.01 Å². The van der Waals surface area contributed by atoms with Crippen molar-refractivity contribution in [3.8, 4) is 6.01 Å². The first-order valence-corrected chi connectivity index (χ1v) is 5.64. The summed E-state index contributed by atoms with van der Waals surface area (Å²) < 4.78 is 5.56. The Kier molecular flexibility index (Phi) is 3.83. The first-order chi connectivity index (χ1) is 8.69. The number of carbonyl (C=O) groups excluding carboxylic acids is 2. The maximum absolute atomic E-state index is 11.0. The van der Waals surface area contributed by atoms with Crippen molar-refractivity contribution in [3.05, 3.63) is 18.0 Å². The summed E-state index contributed by atoms with van der Waals surface area (Å²) in [6, 6.07) is 1.58. The Hall–Kier alpha value is -2.02. The predicted molar refractivity (Wildman–Crippen MR) is 62.1 cm³/mol. The fraction of sp³-hybridized carbons (Fsp3) is 0.455. The highest BCUT2D eigenvalue weighted by Gasteiger charge is 2.24. The molecule has 1 saturated heterocycles. The van der Waals surface area contributed by atoms with E-state index in [4.69, 9.17) is 10.5 Å². The maximum Gasteiger partial charge on any atom is 0.317 e. The number of hydrogen-bond acceptors (Lipinski definition) is 6. The highest BCUT2D eigenvalue weighted by atomic mass is 16.5. The number of aldehydes is 1. The van der Waals surface area contributed by atoms with Crippen LogP contribution in [0.1, 0.15) is 16.9 Å². The minimum absolute atomic E-state index is 0.0620. The van der Waals surface area contributed by atoms with Crippen molar-refractivity contribution < 1.29 is 14.3 Å². The van der Waals surface area contributed by atoms with Gasteiger partial charge < -0.3 is 15.3 Å². The smallest absolute Gasteiger partial charge is 0.317 e. The van der Waals surface area contributed by atoms with Crippen molar-refractivity contribution in [2.45, 2.75) is 12.5 Å². The van der Waals surface area contributed by atoms with E-state index in [9.17, 15) is 9.59 Å². The monoisotopic (exact) mass is 250 g/mol. The van der Waals surface area contributed by atoms with Gasteiger partial charge in [-0.1, -0.05) is 0 Å². The van der Waals surface area contributed by atoms with E-state index in [0.29, 0.717) is 13.1 Å². The molecule has 18 heavy (non-hydrogen) atoms. The topological polar surface area (TPSA) is 98.4 Å². The van der Waals surface area contributed by atoms with Crippen molar-refractivity contribution >= 4 is 12.2 Å². The first-order valence-electron chi connectivity index (χ1n) is 5.64. The van der Waals surface area contributed by atoms with Crippen LogP contribution in [-0.2, 0) is 4.79 Å². The Morgan fingerprint density at radius 2 is 2.50 bits per heavy atom. The molecule has 7 heteroatoms. The second-order valence-electron chi connectivity index (χ2n) is 4.04. The average Bonchev–Trinajstić information content (AvgIpc) is 2.77. The molecule has 1 atom stereocenters. The van der Waals surface area contributed by atoms with Gasteiger partial charge in [0.1, 0.15) is 18.1 Å². The van der Waals surface area contributed by atoms with Crippen LogP contribution < -0.4 is 10.5 Å². The molecule has 2 heterocycles. The molecule has 96 valence electrons. The second kappa shape index (κ2) is 5.54. The van der Waals surface area contributed by atoms with Crippen LogP contribution in [-0.4, -0.2) is 52.8 Å². The highest BCUT2D eigenvalue weighted by Crippen LogP contribution is 2.14. The number of hydrogen-bond donors (Lipinski definition) is 1. The summed E-state index contributed by atoms with van der Waals surface area (Å²) in [4.78, 5) is 31.2. The average molecular weight is 250 g/mol. The van der Waals surface area contributed by atoms with Crippen LogP contribution in [0.4, 0.5) is 0 Å². The molecule has 2 rings (SSSR count). The molecule has 1 amide bonds. The summed E-state index contributed by atoms with van der Waals surface area (Å²) in [5, 5.41) is 0. The molecule has 0 aromatic carbocycles. The van der Waals surface area contributed by atoms with Crippen LogP contribution in [0.25, 0.3) is 0 Å². The van der Waals surface area contributed by atoms with Crippen molar-refractivity contribution in [2.24, 2.45) is 5.73 Å². The molecule has 2 N–H and O–H groups in total. The lowest BCUT2D eigenvalue weighted by Crippen LogP contribution is -2.27. The van der Waals surface area contributed by atoms with Gasteiger partial charge in [0.25, 0.3) is 5.91 Å². The van der Waals surface area contributed by atoms with Crippen LogP contribution in [0.2, 0.25) is 0 Å². The molecule has 0 radical (unpaired) electrons. The summed E-state index contributed by atoms with van der Waals surface area (Å²) >= 11 is 0. The van der Waals surface area contributed by atoms with E-state index in [0.717, 1.165) is 19.3 Å². The summed E-state index contributed by atoms with van der Waals surface area (Å²) in [6.07, 6.45) is 3.04. The highest BCUT2D eigenvalue weighted by molar-refractivity contribution is 5.90. The number of aromatic nitrogens is 2. The number of primary amides is 1. The zero-order valence-corrected chi connectivity index (χ0v) is 9.78. The molecular weight excluding hydrogens is 236 g/mol. The van der Waals surface area contributed by atoms with Crippen molar-refractivity contribution in [1.29, 1.82) is 0 Å². The molecule has 1 aromatic heterocycles. The van der Waals surface area contributed by atoms with Crippen LogP contribution in [0.5, 0.6) is 6.01 Å². The van der Waals surface area contributed by atoms with Gasteiger partial charge in [0, 0.05) is 19.3 Å². The van der Waals surface area contributed by atoms with Gasteiger partial charge in [-0.3, -0.25) is 9.69 Å². The third-order valence-corrected chi connectivity index (χ3v) is 2.72. The third kappa shape index (κ3) is 3.01. The van der Waals surface area contributed by atoms with Gasteiger partial charge in [0.05, 0.1) is 6.54 Å². The molecule has 1 aromatic rings. The fourth-order valence-corrected chi connectivity index (χ4v) is 1.85. The first kappa shape index (κ1) is 12.4. The summed E-state index contributed by atoms with van der Waals surface area (Å²) in [7, 11) is 0. The van der Waals surface area contributed by atoms with E-state index in [1.807, 2.05) is 4.90 Å². The summed E-state index contributed by atoms with van der Waals surface area (Å²) in [5.74, 6) is -0.615. The standard InChI is InChI=1S/C11H14N4O3/c12-10(17)9-1-3-13-11(14-9)18-8-2-4-15(7-8)5-6-16/h1,3,6,8H,2,4-5,7H2,(H2,12,17). The number of ether oxygens (including phenoxy) is 1. The summed E-state index contributed by atoms with van der Waals surface area (Å²) in [6.45, 7) is 1.86. The normalized spacial score (nSPS) is 19.7. The molecule has 1 aliphatic rings. The molecule has 1 fully saturated rings. The summed E-state index contributed by atoms with van der Waals surface area (Å²) in [5.41, 5.74) is 5.25. The molecule has 0 bridgehead atoms. The lowest BCUT2D eigenvalue weighted by molar-refractivity contribution is -0.108. The largest absolute Gasteiger partial charge is 0.459 e. The van der Waals surface area contributed by atoms with E-state index >= 15 is 0 Å². The molecule has 0 spiro atoms. The van der Waals surface area contributed by atoms with E-state index < -0.39 is 5.91 Å². The van der Waals surface area contributed by atoms with Gasteiger partial charge in [0.2, 0.25) is 0 Å². The Morgan fingerprint density at radius 3 is 3.22 bits per heavy atom. The number of carbonyl (C=O) groups is 2. The van der Waals surface area contributed by atoms with Gasteiger partial charge in [-0.25, -0.2) is 4.98 Å². The van der Waals surface area contributed by atoms with Gasteiger partial charge in [-0.2, -0.15) is 4.98 Å². The Labute approximate surface area is 104 Å². The Morgan fingerprint density at radius 1 is 1.67 bits per heavy atom. The predicted octanol–water partition coefficient (Wildman–Crippen LogP) is -0.772. The van der Waals surface area contributed by atoms with E-state index in [1.165, 1.54) is 12.3 Å². The number of rotatable bonds is 5. The van der Waals surface area contributed by atoms with Crippen LogP contribution >= 0.6 is 0 Å². The zero-order chi connectivity index (χ0) is 13.0. The number of nitrogens with two attached hydrogens (primary N) is 1. The minimum atomic E-state index is -0.615. The molecule has 0 saturated carbocycles. The SMILES string of the molecule is NC(=O)c1ccnc(OC2CCN(CC=O)C2)n1. The second-order valence-corrected chi connectivity index (χ2v) is 4.04. The van der Waals surface area contributed by atoms with Crippen molar-refractivity contribution in [2.75, 3.05) is 19.6 Å². The minimum Gasteiger partial charge on any atom is -0.459 e. The third-order valence-electron chi connectivity index (χ3n) is 2.72. The number of likely N-dealkylation sites (tertiary alicyclic amines) is 1. The molecule has 7 nitrogen and oxygen atoms in total. The van der Waals surface area contributed by atoms with E-state index in [-0.39, 0.29) is 17.8 Å².